The van der Waals surface area contributed by atoms with Gasteiger partial charge in [-0.2, -0.15) is 5.10 Å². The van der Waals surface area contributed by atoms with Gasteiger partial charge in [0.25, 0.3) is 5.91 Å². The molecule has 0 saturated heterocycles. The van der Waals surface area contributed by atoms with Crippen LogP contribution in [0.5, 0.6) is 0 Å². The average molecular weight is 349 g/mol. The Kier molecular flexibility index (Phi) is 5.11. The van der Waals surface area contributed by atoms with Gasteiger partial charge in [-0.25, -0.2) is 9.67 Å². The molecular formula is C20H23N5O. The van der Waals surface area contributed by atoms with Crippen molar-refractivity contribution in [3.05, 3.63) is 71.4 Å². The smallest absolute Gasteiger partial charge is 0.256 e. The lowest BCUT2D eigenvalue weighted by molar-refractivity contribution is 0.0687. The molecule has 0 unspecified atom stereocenters. The zero-order valence-electron chi connectivity index (χ0n) is 15.5. The van der Waals surface area contributed by atoms with E-state index in [1.165, 1.54) is 0 Å². The fraction of sp³-hybridized carbons (Fsp3) is 0.300. The summed E-state index contributed by atoms with van der Waals surface area (Å²) in [7, 11) is 0. The summed E-state index contributed by atoms with van der Waals surface area (Å²) in [4.78, 5) is 23.5. The van der Waals surface area contributed by atoms with Crippen molar-refractivity contribution in [1.29, 1.82) is 0 Å². The number of pyridine rings is 2. The summed E-state index contributed by atoms with van der Waals surface area (Å²) >= 11 is 0. The van der Waals surface area contributed by atoms with Gasteiger partial charge in [0, 0.05) is 24.1 Å². The lowest BCUT2D eigenvalue weighted by atomic mass is 10.2. The van der Waals surface area contributed by atoms with Crippen molar-refractivity contribution in [2.24, 2.45) is 0 Å². The molecule has 0 atom stereocenters. The minimum atomic E-state index is -0.0573. The number of aryl methyl sites for hydroxylation is 2. The number of carbonyl (C=O) groups is 1. The van der Waals surface area contributed by atoms with E-state index in [0.29, 0.717) is 17.9 Å². The molecule has 3 aromatic rings. The molecule has 6 heteroatoms. The van der Waals surface area contributed by atoms with Crippen molar-refractivity contribution in [2.75, 3.05) is 0 Å². The third kappa shape index (κ3) is 3.79. The van der Waals surface area contributed by atoms with E-state index in [0.717, 1.165) is 17.1 Å². The molecule has 0 N–H and O–H groups in total. The molecule has 0 aliphatic heterocycles. The van der Waals surface area contributed by atoms with Crippen LogP contribution in [0.25, 0.3) is 5.82 Å². The van der Waals surface area contributed by atoms with Crippen molar-refractivity contribution in [2.45, 2.75) is 40.3 Å². The summed E-state index contributed by atoms with van der Waals surface area (Å²) in [5.41, 5.74) is 3.36. The molecule has 0 spiro atoms. The maximum absolute atomic E-state index is 12.9. The Labute approximate surface area is 153 Å². The first kappa shape index (κ1) is 17.8. The Morgan fingerprint density at radius 3 is 2.50 bits per heavy atom. The Hall–Kier alpha value is -3.02. The Morgan fingerprint density at radius 2 is 1.96 bits per heavy atom. The summed E-state index contributed by atoms with van der Waals surface area (Å²) < 4.78 is 1.78. The van der Waals surface area contributed by atoms with Crippen LogP contribution in [0.3, 0.4) is 0 Å². The Bertz CT molecular complexity index is 884. The van der Waals surface area contributed by atoms with Gasteiger partial charge in [0.2, 0.25) is 0 Å². The number of amides is 1. The first-order chi connectivity index (χ1) is 12.5. The zero-order valence-corrected chi connectivity index (χ0v) is 15.5. The number of carbonyl (C=O) groups excluding carboxylic acids is 1. The summed E-state index contributed by atoms with van der Waals surface area (Å²) in [6.07, 6.45) is 3.35. The van der Waals surface area contributed by atoms with Gasteiger partial charge in [0.05, 0.1) is 23.5 Å². The van der Waals surface area contributed by atoms with Gasteiger partial charge >= 0.3 is 0 Å². The normalized spacial score (nSPS) is 11.0. The monoisotopic (exact) mass is 349 g/mol. The van der Waals surface area contributed by atoms with E-state index in [2.05, 4.69) is 15.1 Å². The standard InChI is InChI=1S/C20H23N5O/c1-14(2)24(13-18-7-5-6-10-21-18)20(26)17-8-9-19(22-12-17)25-16(4)11-15(3)23-25/h5-12,14H,13H2,1-4H3. The van der Waals surface area contributed by atoms with Crippen LogP contribution >= 0.6 is 0 Å². The zero-order chi connectivity index (χ0) is 18.7. The van der Waals surface area contributed by atoms with Gasteiger partial charge in [0.15, 0.2) is 5.82 Å². The van der Waals surface area contributed by atoms with Gasteiger partial charge in [-0.3, -0.25) is 9.78 Å². The second-order valence-corrected chi connectivity index (χ2v) is 6.59. The third-order valence-corrected chi connectivity index (χ3v) is 4.16. The molecule has 0 saturated carbocycles. The van der Waals surface area contributed by atoms with E-state index < -0.39 is 0 Å². The van der Waals surface area contributed by atoms with E-state index in [1.54, 1.807) is 28.0 Å². The molecule has 3 aromatic heterocycles. The number of rotatable bonds is 5. The minimum absolute atomic E-state index is 0.0557. The highest BCUT2D eigenvalue weighted by Gasteiger charge is 2.20. The molecule has 6 nitrogen and oxygen atoms in total. The molecule has 0 radical (unpaired) electrons. The van der Waals surface area contributed by atoms with Crippen LogP contribution in [0.4, 0.5) is 0 Å². The topological polar surface area (TPSA) is 63.9 Å². The lowest BCUT2D eigenvalue weighted by Crippen LogP contribution is -2.36. The van der Waals surface area contributed by atoms with E-state index in [-0.39, 0.29) is 11.9 Å². The summed E-state index contributed by atoms with van der Waals surface area (Å²) in [6, 6.07) is 11.4. The highest BCUT2D eigenvalue weighted by Crippen LogP contribution is 2.14. The van der Waals surface area contributed by atoms with Crippen LogP contribution in [0.1, 0.15) is 41.3 Å². The van der Waals surface area contributed by atoms with Crippen LogP contribution < -0.4 is 0 Å². The van der Waals surface area contributed by atoms with Gasteiger partial charge in [0.1, 0.15) is 0 Å². The number of hydrogen-bond acceptors (Lipinski definition) is 4. The first-order valence-corrected chi connectivity index (χ1v) is 8.66. The van der Waals surface area contributed by atoms with Gasteiger partial charge in [-0.05, 0) is 58.0 Å². The third-order valence-electron chi connectivity index (χ3n) is 4.16. The predicted molar refractivity (Wildman–Crippen MR) is 100 cm³/mol. The largest absolute Gasteiger partial charge is 0.330 e. The molecule has 0 aromatic carbocycles. The predicted octanol–water partition coefficient (Wildman–Crippen LogP) is 3.33. The Morgan fingerprint density at radius 1 is 1.15 bits per heavy atom. The molecule has 0 aliphatic rings. The van der Waals surface area contributed by atoms with Crippen molar-refractivity contribution in [1.82, 2.24) is 24.6 Å². The molecular weight excluding hydrogens is 326 g/mol. The molecule has 0 bridgehead atoms. The quantitative estimate of drug-likeness (QED) is 0.709. The summed E-state index contributed by atoms with van der Waals surface area (Å²) in [5.74, 6) is 0.644. The highest BCUT2D eigenvalue weighted by molar-refractivity contribution is 5.94. The van der Waals surface area contributed by atoms with E-state index >= 15 is 0 Å². The summed E-state index contributed by atoms with van der Waals surface area (Å²) in [5, 5.41) is 4.42. The second kappa shape index (κ2) is 7.47. The SMILES string of the molecule is Cc1cc(C)n(-c2ccc(C(=O)N(Cc3ccccn3)C(C)C)cn2)n1. The van der Waals surface area contributed by atoms with Crippen molar-refractivity contribution < 1.29 is 4.79 Å². The van der Waals surface area contributed by atoms with Gasteiger partial charge in [-0.1, -0.05) is 6.07 Å². The number of aromatic nitrogens is 4. The molecule has 1 amide bonds. The maximum Gasteiger partial charge on any atom is 0.256 e. The molecule has 26 heavy (non-hydrogen) atoms. The van der Waals surface area contributed by atoms with Crippen LogP contribution in [-0.4, -0.2) is 36.6 Å². The van der Waals surface area contributed by atoms with Gasteiger partial charge < -0.3 is 4.90 Å². The highest BCUT2D eigenvalue weighted by atomic mass is 16.2. The van der Waals surface area contributed by atoms with E-state index in [1.807, 2.05) is 58.0 Å². The molecule has 0 fully saturated rings. The second-order valence-electron chi connectivity index (χ2n) is 6.59. The van der Waals surface area contributed by atoms with Crippen LogP contribution in [0.15, 0.2) is 48.8 Å². The molecule has 0 aliphatic carbocycles. The fourth-order valence-electron chi connectivity index (χ4n) is 2.82. The lowest BCUT2D eigenvalue weighted by Gasteiger charge is -2.26. The van der Waals surface area contributed by atoms with Crippen LogP contribution in [0.2, 0.25) is 0 Å². The van der Waals surface area contributed by atoms with E-state index in [4.69, 9.17) is 0 Å². The molecule has 3 rings (SSSR count). The summed E-state index contributed by atoms with van der Waals surface area (Å²) in [6.45, 7) is 8.39. The van der Waals surface area contributed by atoms with E-state index in [9.17, 15) is 4.79 Å². The average Bonchev–Trinajstić information content (AvgIpc) is 2.98. The van der Waals surface area contributed by atoms with Crippen LogP contribution in [0, 0.1) is 13.8 Å². The number of hydrogen-bond donors (Lipinski definition) is 0. The number of nitrogens with zero attached hydrogens (tertiary/aromatic N) is 5. The maximum atomic E-state index is 12.9. The van der Waals surface area contributed by atoms with Gasteiger partial charge in [-0.15, -0.1) is 0 Å². The first-order valence-electron chi connectivity index (χ1n) is 8.66. The van der Waals surface area contributed by atoms with Crippen LogP contribution in [-0.2, 0) is 6.54 Å². The minimum Gasteiger partial charge on any atom is -0.330 e. The van der Waals surface area contributed by atoms with Crippen molar-refractivity contribution in [3.63, 3.8) is 0 Å². The molecule has 134 valence electrons. The molecule has 3 heterocycles. The fourth-order valence-corrected chi connectivity index (χ4v) is 2.82. The van der Waals surface area contributed by atoms with Crippen molar-refractivity contribution in [3.8, 4) is 5.82 Å². The Balaban J connectivity index is 1.82. The van der Waals surface area contributed by atoms with Crippen molar-refractivity contribution >= 4 is 5.91 Å².